The van der Waals surface area contributed by atoms with Crippen molar-refractivity contribution in [1.29, 1.82) is 0 Å². The van der Waals surface area contributed by atoms with E-state index in [0.29, 0.717) is 12.5 Å². The van der Waals surface area contributed by atoms with E-state index >= 15 is 0 Å². The quantitative estimate of drug-likeness (QED) is 0.289. The van der Waals surface area contributed by atoms with Gasteiger partial charge in [-0.05, 0) is 44.3 Å². The number of aromatic amines is 1. The first-order valence-electron chi connectivity index (χ1n) is 11.9. The number of H-pyrrole nitrogens is 1. The summed E-state index contributed by atoms with van der Waals surface area (Å²) in [4.78, 5) is 22.8. The Kier molecular flexibility index (Phi) is 8.26. The fourth-order valence-corrected chi connectivity index (χ4v) is 5.82. The highest BCUT2D eigenvalue weighted by molar-refractivity contribution is 7.15. The number of hydrazine groups is 1. The Balaban J connectivity index is 1.37. The normalized spacial score (nSPS) is 16.6. The van der Waals surface area contributed by atoms with Crippen molar-refractivity contribution in [1.82, 2.24) is 29.8 Å². The molecule has 0 spiro atoms. The zero-order chi connectivity index (χ0) is 23.2. The van der Waals surface area contributed by atoms with E-state index in [1.165, 1.54) is 4.88 Å². The third kappa shape index (κ3) is 5.70. The summed E-state index contributed by atoms with van der Waals surface area (Å²) in [6, 6.07) is 2.10. The molecule has 1 saturated heterocycles. The molecule has 1 aliphatic rings. The van der Waals surface area contributed by atoms with E-state index in [4.69, 9.17) is 5.84 Å². The van der Waals surface area contributed by atoms with Gasteiger partial charge in [0.25, 0.3) is 0 Å². The number of hydrogen-bond donors (Lipinski definition) is 3. The molecule has 3 aromatic heterocycles. The van der Waals surface area contributed by atoms with Gasteiger partial charge in [-0.25, -0.2) is 20.0 Å². The molecule has 1 atom stereocenters. The molecule has 0 aromatic carbocycles. The minimum absolute atomic E-state index is 0.0639. The Bertz CT molecular complexity index is 997. The summed E-state index contributed by atoms with van der Waals surface area (Å²) in [6.45, 7) is 6.91. The van der Waals surface area contributed by atoms with Crippen molar-refractivity contribution >= 4 is 27.5 Å². The van der Waals surface area contributed by atoms with Crippen LogP contribution in [-0.2, 0) is 6.54 Å². The molecule has 3 aromatic rings. The average Bonchev–Trinajstić information content (AvgIpc) is 3.48. The van der Waals surface area contributed by atoms with Gasteiger partial charge in [-0.2, -0.15) is 0 Å². The molecule has 0 saturated carbocycles. The Morgan fingerprint density at radius 3 is 2.82 bits per heavy atom. The number of fused-ring (bicyclic) bond motifs is 1. The highest BCUT2D eigenvalue weighted by Gasteiger charge is 2.32. The van der Waals surface area contributed by atoms with Crippen molar-refractivity contribution in [3.8, 4) is 0 Å². The van der Waals surface area contributed by atoms with Crippen LogP contribution in [0.15, 0.2) is 24.8 Å². The first-order valence-corrected chi connectivity index (χ1v) is 12.7. The molecule has 4 N–H and O–H groups in total. The van der Waals surface area contributed by atoms with Gasteiger partial charge >= 0.3 is 0 Å². The van der Waals surface area contributed by atoms with Gasteiger partial charge in [-0.1, -0.05) is 13.3 Å². The van der Waals surface area contributed by atoms with Crippen LogP contribution in [0.4, 0.5) is 5.13 Å². The van der Waals surface area contributed by atoms with Crippen LogP contribution in [0.1, 0.15) is 49.2 Å². The summed E-state index contributed by atoms with van der Waals surface area (Å²) in [6.07, 6.45) is 9.93. The van der Waals surface area contributed by atoms with Crippen LogP contribution in [-0.4, -0.2) is 74.8 Å². The molecule has 1 aliphatic heterocycles. The number of unbranched alkanes of at least 4 members (excludes halogenated alkanes) is 1. The Hall–Kier alpha value is -2.11. The predicted molar refractivity (Wildman–Crippen MR) is 133 cm³/mol. The van der Waals surface area contributed by atoms with Gasteiger partial charge in [0.2, 0.25) is 0 Å². The molecule has 9 nitrogen and oxygen atoms in total. The zero-order valence-corrected chi connectivity index (χ0v) is 20.5. The maximum atomic E-state index is 9.41. The van der Waals surface area contributed by atoms with Crippen LogP contribution in [0.3, 0.4) is 0 Å². The van der Waals surface area contributed by atoms with Gasteiger partial charge in [0, 0.05) is 49.3 Å². The van der Waals surface area contributed by atoms with Crippen molar-refractivity contribution in [2.24, 2.45) is 11.8 Å². The number of aliphatic hydroxyl groups is 1. The third-order valence-corrected chi connectivity index (χ3v) is 7.57. The number of rotatable bonds is 11. The molecular formula is C23H36N8OS. The van der Waals surface area contributed by atoms with Gasteiger partial charge in [-0.15, -0.1) is 11.3 Å². The van der Waals surface area contributed by atoms with Crippen molar-refractivity contribution in [2.45, 2.75) is 45.2 Å². The van der Waals surface area contributed by atoms with E-state index in [0.717, 1.165) is 73.7 Å². The minimum Gasteiger partial charge on any atom is -0.395 e. The van der Waals surface area contributed by atoms with Crippen molar-refractivity contribution in [3.05, 3.63) is 35.4 Å². The van der Waals surface area contributed by atoms with Gasteiger partial charge < -0.3 is 15.0 Å². The maximum absolute atomic E-state index is 9.41. The fourth-order valence-electron chi connectivity index (χ4n) is 4.81. The Morgan fingerprint density at radius 2 is 2.09 bits per heavy atom. The van der Waals surface area contributed by atoms with Crippen molar-refractivity contribution in [2.75, 3.05) is 44.7 Å². The van der Waals surface area contributed by atoms with Crippen LogP contribution in [0, 0.1) is 5.92 Å². The number of nitrogens with one attached hydrogen (secondary N) is 1. The van der Waals surface area contributed by atoms with Crippen LogP contribution in [0.2, 0.25) is 0 Å². The lowest BCUT2D eigenvalue weighted by molar-refractivity contribution is 0.0989. The molecule has 0 bridgehead atoms. The molecule has 180 valence electrons. The van der Waals surface area contributed by atoms with E-state index in [9.17, 15) is 5.11 Å². The largest absolute Gasteiger partial charge is 0.395 e. The summed E-state index contributed by atoms with van der Waals surface area (Å²) in [7, 11) is 1.94. The molecule has 0 radical (unpaired) electrons. The number of nitrogens with two attached hydrogens (primary N) is 1. The summed E-state index contributed by atoms with van der Waals surface area (Å²) in [5.41, 5.74) is 1.87. The first-order chi connectivity index (χ1) is 16.1. The highest BCUT2D eigenvalue weighted by atomic mass is 32.1. The minimum atomic E-state index is 0.0639. The fraction of sp³-hybridized carbons (Fsp3) is 0.609. The van der Waals surface area contributed by atoms with Crippen molar-refractivity contribution < 1.29 is 5.11 Å². The molecule has 0 aliphatic carbocycles. The smallest absolute Gasteiger partial charge is 0.185 e. The number of hydrogen-bond acceptors (Lipinski definition) is 9. The van der Waals surface area contributed by atoms with Crippen LogP contribution in [0.5, 0.6) is 0 Å². The molecule has 4 rings (SSSR count). The molecule has 0 amide bonds. The van der Waals surface area contributed by atoms with Crippen LogP contribution < -0.4 is 10.7 Å². The molecular weight excluding hydrogens is 436 g/mol. The second-order valence-electron chi connectivity index (χ2n) is 8.90. The second-order valence-corrected chi connectivity index (χ2v) is 9.99. The molecule has 1 unspecified atom stereocenters. The molecule has 4 heterocycles. The summed E-state index contributed by atoms with van der Waals surface area (Å²) >= 11 is 1.75. The summed E-state index contributed by atoms with van der Waals surface area (Å²) < 4.78 is 0. The van der Waals surface area contributed by atoms with Gasteiger partial charge in [0.05, 0.1) is 18.3 Å². The predicted octanol–water partition coefficient (Wildman–Crippen LogP) is 2.77. The lowest BCUT2D eigenvalue weighted by Gasteiger charge is -2.38. The second kappa shape index (κ2) is 11.3. The molecule has 10 heteroatoms. The van der Waals surface area contributed by atoms with E-state index in [1.54, 1.807) is 17.7 Å². The molecule has 33 heavy (non-hydrogen) atoms. The third-order valence-electron chi connectivity index (χ3n) is 6.53. The van der Waals surface area contributed by atoms with Gasteiger partial charge in [-0.3, -0.25) is 10.7 Å². The number of thiazole rings is 1. The number of likely N-dealkylation sites (tertiary alicyclic amines) is 1. The van der Waals surface area contributed by atoms with E-state index in [1.807, 2.05) is 30.5 Å². The van der Waals surface area contributed by atoms with E-state index < -0.39 is 0 Å². The van der Waals surface area contributed by atoms with Crippen LogP contribution >= 0.6 is 11.3 Å². The number of aliphatic hydroxyl groups excluding tert-OH is 1. The summed E-state index contributed by atoms with van der Waals surface area (Å²) in [5, 5.41) is 13.3. The van der Waals surface area contributed by atoms with Crippen LogP contribution in [0.25, 0.3) is 11.0 Å². The van der Waals surface area contributed by atoms with Gasteiger partial charge in [0.15, 0.2) is 5.13 Å². The number of anilines is 1. The monoisotopic (exact) mass is 472 g/mol. The average molecular weight is 473 g/mol. The van der Waals surface area contributed by atoms with Gasteiger partial charge in [0.1, 0.15) is 12.0 Å². The number of nitrogens with zero attached hydrogens (tertiary/aromatic N) is 6. The Morgan fingerprint density at radius 1 is 1.27 bits per heavy atom. The number of aromatic nitrogens is 4. The maximum Gasteiger partial charge on any atom is 0.185 e. The Labute approximate surface area is 199 Å². The van der Waals surface area contributed by atoms with E-state index in [2.05, 4.69) is 36.7 Å². The highest BCUT2D eigenvalue weighted by Crippen LogP contribution is 2.36. The number of piperidine rings is 1. The molecule has 1 fully saturated rings. The topological polar surface area (TPSA) is 110 Å². The lowest BCUT2D eigenvalue weighted by Crippen LogP contribution is -2.42. The SMILES string of the molecule is CCCCN(CCO)c1ncc(CN2CCC(C(c3ncnc4[nH]ccc34)N(C)N)CC2)s1. The first kappa shape index (κ1) is 24.0. The van der Waals surface area contributed by atoms with E-state index in [-0.39, 0.29) is 12.6 Å². The standard InChI is InChI=1S/C23H36N8OS/c1-3-4-9-31(12-13-32)23-26-14-18(33-23)15-30-10-6-17(7-11-30)21(29(2)24)20-19-5-8-25-22(19)28-16-27-20/h5,8,14,16-17,21,32H,3-4,6-7,9-13,15,24H2,1-2H3,(H,25,27,28). The van der Waals surface area contributed by atoms with Crippen molar-refractivity contribution in [3.63, 3.8) is 0 Å². The summed E-state index contributed by atoms with van der Waals surface area (Å²) in [5.74, 6) is 6.77. The zero-order valence-electron chi connectivity index (χ0n) is 19.7. The lowest BCUT2D eigenvalue weighted by atomic mass is 9.86.